The third-order valence-electron chi connectivity index (χ3n) is 7.56. The van der Waals surface area contributed by atoms with Gasteiger partial charge in [-0.1, -0.05) is 12.1 Å². The lowest BCUT2D eigenvalue weighted by molar-refractivity contribution is -0.904. The van der Waals surface area contributed by atoms with E-state index in [0.29, 0.717) is 27.8 Å². The highest BCUT2D eigenvalue weighted by atomic mass is 16.2. The Kier molecular flexibility index (Phi) is 5.81. The predicted molar refractivity (Wildman–Crippen MR) is 149 cm³/mol. The van der Waals surface area contributed by atoms with Gasteiger partial charge in [-0.2, -0.15) is 0 Å². The first kappa shape index (κ1) is 25.4. The Morgan fingerprint density at radius 3 is 2.30 bits per heavy atom. The zero-order valence-corrected chi connectivity index (χ0v) is 22.4. The molecule has 5 amide bonds. The summed E-state index contributed by atoms with van der Waals surface area (Å²) < 4.78 is 0.746. The van der Waals surface area contributed by atoms with Gasteiger partial charge in [-0.25, -0.2) is 4.90 Å². The Morgan fingerprint density at radius 2 is 1.60 bits per heavy atom. The number of carbonyl (C=O) groups excluding carboxylic acids is 5. The molecule has 6 rings (SSSR count). The number of quaternary nitrogens is 1. The molecule has 0 saturated carbocycles. The summed E-state index contributed by atoms with van der Waals surface area (Å²) in [4.78, 5) is 67.8. The first-order valence-corrected chi connectivity index (χ1v) is 13.0. The van der Waals surface area contributed by atoms with Crippen LogP contribution in [-0.4, -0.2) is 79.8 Å². The van der Waals surface area contributed by atoms with Crippen molar-refractivity contribution in [2.45, 2.75) is 6.54 Å². The number of rotatable bonds is 5. The summed E-state index contributed by atoms with van der Waals surface area (Å²) in [6.45, 7) is 1.73. The van der Waals surface area contributed by atoms with Crippen LogP contribution in [0.25, 0.3) is 10.8 Å². The number of anilines is 2. The maximum atomic E-state index is 13.8. The van der Waals surface area contributed by atoms with Gasteiger partial charge in [0.2, 0.25) is 0 Å². The Labute approximate surface area is 230 Å². The fourth-order valence-electron chi connectivity index (χ4n) is 5.97. The number of carbonyl (C=O) groups is 5. The molecule has 3 heterocycles. The molecular weight excluding hydrogens is 510 g/mol. The van der Waals surface area contributed by atoms with Crippen LogP contribution in [0.5, 0.6) is 0 Å². The second kappa shape index (κ2) is 9.13. The van der Waals surface area contributed by atoms with Crippen molar-refractivity contribution < 1.29 is 28.5 Å². The molecule has 10 nitrogen and oxygen atoms in total. The third-order valence-corrected chi connectivity index (χ3v) is 7.56. The van der Waals surface area contributed by atoms with Gasteiger partial charge in [0.15, 0.2) is 6.67 Å². The molecule has 40 heavy (non-hydrogen) atoms. The number of benzene rings is 3. The standard InChI is InChI=1S/C30H27N5O5/c1-32-17-35(2,3)16-19-15-23-26-21(27(19)32)5-4-6-22(26)29(39)34(30(23)40)20-9-7-18(8-10-20)28(38)31-13-14-33-24(36)11-12-25(33)37/h4-12,15H,13-14,16-17H2,1-3H3/p+1. The summed E-state index contributed by atoms with van der Waals surface area (Å²) in [6.07, 6.45) is 2.39. The van der Waals surface area contributed by atoms with Crippen LogP contribution < -0.4 is 15.1 Å². The Bertz CT molecular complexity index is 1660. The smallest absolute Gasteiger partial charge is 0.266 e. The number of nitrogens with zero attached hydrogens (tertiary/aromatic N) is 4. The van der Waals surface area contributed by atoms with E-state index in [0.717, 1.165) is 44.1 Å². The highest BCUT2D eigenvalue weighted by molar-refractivity contribution is 6.36. The summed E-state index contributed by atoms with van der Waals surface area (Å²) >= 11 is 0. The van der Waals surface area contributed by atoms with Crippen LogP contribution in [0.2, 0.25) is 0 Å². The Morgan fingerprint density at radius 1 is 0.925 bits per heavy atom. The molecule has 3 aromatic rings. The van der Waals surface area contributed by atoms with Crippen molar-refractivity contribution in [1.82, 2.24) is 10.2 Å². The van der Waals surface area contributed by atoms with Crippen LogP contribution in [-0.2, 0) is 16.1 Å². The summed E-state index contributed by atoms with van der Waals surface area (Å²) in [5.74, 6) is -2.04. The topological polar surface area (TPSA) is 107 Å². The molecule has 0 unspecified atom stereocenters. The summed E-state index contributed by atoms with van der Waals surface area (Å²) in [5, 5.41) is 4.25. The van der Waals surface area contributed by atoms with Crippen molar-refractivity contribution in [3.05, 3.63) is 82.9 Å². The van der Waals surface area contributed by atoms with E-state index in [2.05, 4.69) is 24.3 Å². The number of hydrogen-bond donors (Lipinski definition) is 1. The summed E-state index contributed by atoms with van der Waals surface area (Å²) in [5.41, 5.74) is 3.74. The SMILES string of the molecule is CN1C[N+](C)(C)Cc2cc3c4c(cccc4c21)C(=O)N(c1ccc(C(=O)NCCN2C(=O)C=CC2=O)cc1)C3=O. The molecule has 0 aliphatic carbocycles. The molecule has 3 aliphatic heterocycles. The fraction of sp³-hybridized carbons (Fsp3) is 0.233. The zero-order valence-electron chi connectivity index (χ0n) is 22.4. The van der Waals surface area contributed by atoms with Gasteiger partial charge in [0.1, 0.15) is 6.54 Å². The van der Waals surface area contributed by atoms with E-state index in [1.54, 1.807) is 18.2 Å². The molecule has 3 aromatic carbocycles. The van der Waals surface area contributed by atoms with Crippen molar-refractivity contribution in [1.29, 1.82) is 0 Å². The molecule has 0 saturated heterocycles. The second-order valence-corrected chi connectivity index (χ2v) is 11.0. The van der Waals surface area contributed by atoms with Gasteiger partial charge < -0.3 is 14.7 Å². The van der Waals surface area contributed by atoms with Crippen LogP contribution in [0.1, 0.15) is 36.6 Å². The van der Waals surface area contributed by atoms with Crippen molar-refractivity contribution in [3.63, 3.8) is 0 Å². The van der Waals surface area contributed by atoms with Crippen LogP contribution in [0.3, 0.4) is 0 Å². The molecule has 202 valence electrons. The molecule has 0 radical (unpaired) electrons. The normalized spacial score (nSPS) is 17.6. The molecular formula is C30H28N5O5+. The highest BCUT2D eigenvalue weighted by Crippen LogP contribution is 2.42. The van der Waals surface area contributed by atoms with Gasteiger partial charge in [-0.05, 0) is 36.4 Å². The van der Waals surface area contributed by atoms with Crippen molar-refractivity contribution in [3.8, 4) is 0 Å². The molecule has 1 N–H and O–H groups in total. The Hall–Kier alpha value is -4.83. The van der Waals surface area contributed by atoms with E-state index >= 15 is 0 Å². The lowest BCUT2D eigenvalue weighted by Gasteiger charge is -2.41. The fourth-order valence-corrected chi connectivity index (χ4v) is 5.97. The minimum atomic E-state index is -0.414. The monoisotopic (exact) mass is 538 g/mol. The predicted octanol–water partition coefficient (Wildman–Crippen LogP) is 2.28. The van der Waals surface area contributed by atoms with E-state index in [1.165, 1.54) is 24.3 Å². The van der Waals surface area contributed by atoms with Gasteiger partial charge in [0.25, 0.3) is 29.5 Å². The van der Waals surface area contributed by atoms with Crippen molar-refractivity contribution in [2.24, 2.45) is 0 Å². The first-order valence-electron chi connectivity index (χ1n) is 13.0. The van der Waals surface area contributed by atoms with Crippen LogP contribution in [0.15, 0.2) is 60.7 Å². The Balaban J connectivity index is 1.26. The van der Waals surface area contributed by atoms with Crippen LogP contribution in [0.4, 0.5) is 11.4 Å². The van der Waals surface area contributed by atoms with Crippen LogP contribution in [0, 0.1) is 0 Å². The number of fused-ring (bicyclic) bond motifs is 2. The van der Waals surface area contributed by atoms with Gasteiger partial charge >= 0.3 is 0 Å². The quantitative estimate of drug-likeness (QED) is 0.395. The molecule has 10 heteroatoms. The van der Waals surface area contributed by atoms with E-state index in [9.17, 15) is 24.0 Å². The van der Waals surface area contributed by atoms with E-state index < -0.39 is 29.5 Å². The maximum absolute atomic E-state index is 13.8. The second-order valence-electron chi connectivity index (χ2n) is 11.0. The van der Waals surface area contributed by atoms with Gasteiger partial charge in [-0.15, -0.1) is 0 Å². The van der Waals surface area contributed by atoms with E-state index in [-0.39, 0.29) is 13.1 Å². The minimum Gasteiger partial charge on any atom is -0.350 e. The molecule has 3 aliphatic rings. The molecule has 0 bridgehead atoms. The van der Waals surface area contributed by atoms with Gasteiger partial charge in [0, 0.05) is 65.3 Å². The first-order chi connectivity index (χ1) is 19.1. The summed E-state index contributed by atoms with van der Waals surface area (Å²) in [7, 11) is 6.32. The van der Waals surface area contributed by atoms with Gasteiger partial charge in [-0.3, -0.25) is 28.9 Å². The molecule has 0 fully saturated rings. The third kappa shape index (κ3) is 4.04. The number of amides is 5. The van der Waals surface area contributed by atoms with Crippen molar-refractivity contribution >= 4 is 51.7 Å². The number of imide groups is 2. The minimum absolute atomic E-state index is 0.0613. The van der Waals surface area contributed by atoms with Gasteiger partial charge in [0.05, 0.1) is 25.5 Å². The van der Waals surface area contributed by atoms with E-state index in [4.69, 9.17) is 0 Å². The molecule has 0 atom stereocenters. The molecule has 0 spiro atoms. The average Bonchev–Trinajstić information content (AvgIpc) is 3.23. The maximum Gasteiger partial charge on any atom is 0.266 e. The van der Waals surface area contributed by atoms with E-state index in [1.807, 2.05) is 25.2 Å². The van der Waals surface area contributed by atoms with Crippen molar-refractivity contribution in [2.75, 3.05) is 50.7 Å². The average molecular weight is 539 g/mol. The zero-order chi connectivity index (χ0) is 28.3. The highest BCUT2D eigenvalue weighted by Gasteiger charge is 2.38. The lowest BCUT2D eigenvalue weighted by Crippen LogP contribution is -2.50. The van der Waals surface area contributed by atoms with Crippen LogP contribution >= 0.6 is 0 Å². The largest absolute Gasteiger partial charge is 0.350 e. The lowest BCUT2D eigenvalue weighted by atomic mass is 9.89. The number of nitrogens with one attached hydrogen (secondary N) is 1. The summed E-state index contributed by atoms with van der Waals surface area (Å²) in [6, 6.07) is 13.7. The number of hydrogen-bond acceptors (Lipinski definition) is 6. The molecule has 0 aromatic heterocycles.